The average Bonchev–Trinajstić information content (AvgIpc) is 2.43. The Labute approximate surface area is 123 Å². The summed E-state index contributed by atoms with van der Waals surface area (Å²) in [6.07, 6.45) is 0. The first-order chi connectivity index (χ1) is 9.85. The molecule has 5 nitrogen and oxygen atoms in total. The minimum absolute atomic E-state index is 0.0416. The van der Waals surface area contributed by atoms with Gasteiger partial charge in [-0.1, -0.05) is 12.1 Å². The fourth-order valence-corrected chi connectivity index (χ4v) is 3.02. The summed E-state index contributed by atoms with van der Waals surface area (Å²) in [5.74, 6) is -0.105. The number of nitriles is 1. The van der Waals surface area contributed by atoms with Crippen LogP contribution in [0.5, 0.6) is 5.75 Å². The predicted molar refractivity (Wildman–Crippen MR) is 79.5 cm³/mol. The van der Waals surface area contributed by atoms with Crippen molar-refractivity contribution in [2.24, 2.45) is 0 Å². The third kappa shape index (κ3) is 2.98. The number of hydrogen-bond donors (Lipinski definition) is 2. The van der Waals surface area contributed by atoms with Gasteiger partial charge in [0.25, 0.3) is 10.0 Å². The second-order valence-electron chi connectivity index (χ2n) is 4.67. The van der Waals surface area contributed by atoms with Crippen molar-refractivity contribution >= 4 is 15.7 Å². The second kappa shape index (κ2) is 5.46. The molecule has 0 saturated heterocycles. The molecule has 0 aliphatic heterocycles. The Balaban J connectivity index is 2.41. The second-order valence-corrected chi connectivity index (χ2v) is 6.35. The minimum atomic E-state index is -3.82. The van der Waals surface area contributed by atoms with Gasteiger partial charge < -0.3 is 5.11 Å². The largest absolute Gasteiger partial charge is 0.505 e. The van der Waals surface area contributed by atoms with Crippen molar-refractivity contribution in [3.05, 3.63) is 53.1 Å². The van der Waals surface area contributed by atoms with Gasteiger partial charge in [-0.05, 0) is 49.2 Å². The lowest BCUT2D eigenvalue weighted by Crippen LogP contribution is -2.13. The average molecular weight is 302 g/mol. The highest BCUT2D eigenvalue weighted by Crippen LogP contribution is 2.29. The third-order valence-electron chi connectivity index (χ3n) is 3.11. The minimum Gasteiger partial charge on any atom is -0.505 e. The van der Waals surface area contributed by atoms with Crippen molar-refractivity contribution < 1.29 is 13.5 Å². The number of anilines is 1. The smallest absolute Gasteiger partial charge is 0.262 e. The summed E-state index contributed by atoms with van der Waals surface area (Å²) in [5, 5.41) is 18.7. The summed E-state index contributed by atoms with van der Waals surface area (Å²) < 4.78 is 27.0. The quantitative estimate of drug-likeness (QED) is 0.853. The lowest BCUT2D eigenvalue weighted by Gasteiger charge is -2.11. The monoisotopic (exact) mass is 302 g/mol. The Hall–Kier alpha value is -2.52. The van der Waals surface area contributed by atoms with Gasteiger partial charge in [-0.15, -0.1) is 0 Å². The molecule has 2 N–H and O–H groups in total. The summed E-state index contributed by atoms with van der Waals surface area (Å²) in [7, 11) is -3.82. The van der Waals surface area contributed by atoms with E-state index in [1.54, 1.807) is 26.0 Å². The molecule has 0 bridgehead atoms. The van der Waals surface area contributed by atoms with Crippen molar-refractivity contribution in [1.29, 1.82) is 5.26 Å². The van der Waals surface area contributed by atoms with Crippen LogP contribution in [0.4, 0.5) is 5.69 Å². The highest BCUT2D eigenvalue weighted by Gasteiger charge is 2.17. The van der Waals surface area contributed by atoms with Gasteiger partial charge in [-0.2, -0.15) is 5.26 Å². The molecule has 0 amide bonds. The summed E-state index contributed by atoms with van der Waals surface area (Å²) in [6.45, 7) is 3.35. The van der Waals surface area contributed by atoms with E-state index in [1.807, 2.05) is 6.07 Å². The molecule has 0 heterocycles. The lowest BCUT2D eigenvalue weighted by atomic mass is 10.1. The van der Waals surface area contributed by atoms with Gasteiger partial charge in [0.15, 0.2) is 0 Å². The standard InChI is InChI=1S/C15H14N2O3S/c1-10-4-3-5-14(15(10)18)17-21(19,20)13-7-6-12(9-16)11(2)8-13/h3-8,17-18H,1-2H3. The Kier molecular flexibility index (Phi) is 3.87. The number of nitrogens with one attached hydrogen (secondary N) is 1. The van der Waals surface area contributed by atoms with Crippen LogP contribution in [0.3, 0.4) is 0 Å². The van der Waals surface area contributed by atoms with Crippen LogP contribution in [-0.2, 0) is 10.0 Å². The Morgan fingerprint density at radius 1 is 1.14 bits per heavy atom. The summed E-state index contributed by atoms with van der Waals surface area (Å²) >= 11 is 0. The van der Waals surface area contributed by atoms with E-state index >= 15 is 0 Å². The molecule has 2 aromatic rings. The predicted octanol–water partition coefficient (Wildman–Crippen LogP) is 2.68. The first-order valence-electron chi connectivity index (χ1n) is 6.17. The van der Waals surface area contributed by atoms with Crippen LogP contribution in [0.2, 0.25) is 0 Å². The maximum atomic E-state index is 12.3. The van der Waals surface area contributed by atoms with Crippen molar-refractivity contribution in [2.75, 3.05) is 4.72 Å². The van der Waals surface area contributed by atoms with E-state index in [0.717, 1.165) is 0 Å². The van der Waals surface area contributed by atoms with E-state index in [2.05, 4.69) is 4.72 Å². The Morgan fingerprint density at radius 3 is 2.48 bits per heavy atom. The van der Waals surface area contributed by atoms with Crippen molar-refractivity contribution in [2.45, 2.75) is 18.7 Å². The van der Waals surface area contributed by atoms with Crippen LogP contribution in [0.1, 0.15) is 16.7 Å². The van der Waals surface area contributed by atoms with E-state index in [4.69, 9.17) is 5.26 Å². The number of rotatable bonds is 3. The number of hydrogen-bond acceptors (Lipinski definition) is 4. The molecule has 0 atom stereocenters. The molecule has 0 radical (unpaired) electrons. The normalized spacial score (nSPS) is 10.9. The van der Waals surface area contributed by atoms with Gasteiger partial charge >= 0.3 is 0 Å². The van der Waals surface area contributed by atoms with Crippen molar-refractivity contribution in [3.63, 3.8) is 0 Å². The number of sulfonamides is 1. The molecule has 0 saturated carbocycles. The van der Waals surface area contributed by atoms with Crippen LogP contribution < -0.4 is 4.72 Å². The van der Waals surface area contributed by atoms with Gasteiger partial charge in [0.1, 0.15) is 5.75 Å². The van der Waals surface area contributed by atoms with Crippen LogP contribution in [0.15, 0.2) is 41.3 Å². The van der Waals surface area contributed by atoms with Gasteiger partial charge in [0.05, 0.1) is 22.2 Å². The fourth-order valence-electron chi connectivity index (χ4n) is 1.87. The lowest BCUT2D eigenvalue weighted by molar-refractivity contribution is 0.473. The SMILES string of the molecule is Cc1cc(S(=O)(=O)Nc2cccc(C)c2O)ccc1C#N. The molecule has 108 valence electrons. The summed E-state index contributed by atoms with van der Waals surface area (Å²) in [5.41, 5.74) is 1.70. The van der Waals surface area contributed by atoms with E-state index in [-0.39, 0.29) is 16.3 Å². The molecular formula is C15H14N2O3S. The van der Waals surface area contributed by atoms with Crippen molar-refractivity contribution in [3.8, 4) is 11.8 Å². The highest BCUT2D eigenvalue weighted by atomic mass is 32.2. The summed E-state index contributed by atoms with van der Waals surface area (Å²) in [6, 6.07) is 11.0. The highest BCUT2D eigenvalue weighted by molar-refractivity contribution is 7.92. The van der Waals surface area contributed by atoms with Crippen LogP contribution >= 0.6 is 0 Å². The molecule has 21 heavy (non-hydrogen) atoms. The molecule has 0 aromatic heterocycles. The number of para-hydroxylation sites is 1. The molecule has 0 fully saturated rings. The number of benzene rings is 2. The van der Waals surface area contributed by atoms with Gasteiger partial charge in [-0.3, -0.25) is 4.72 Å². The molecule has 2 aromatic carbocycles. The molecule has 0 spiro atoms. The van der Waals surface area contributed by atoms with E-state index in [1.165, 1.54) is 24.3 Å². The number of phenolic OH excluding ortho intramolecular Hbond substituents is 1. The first-order valence-corrected chi connectivity index (χ1v) is 7.65. The van der Waals surface area contributed by atoms with Crippen molar-refractivity contribution in [1.82, 2.24) is 0 Å². The zero-order valence-corrected chi connectivity index (χ0v) is 12.4. The molecule has 6 heteroatoms. The van der Waals surface area contributed by atoms with Gasteiger partial charge in [0.2, 0.25) is 0 Å². The van der Waals surface area contributed by atoms with E-state index in [9.17, 15) is 13.5 Å². The molecular weight excluding hydrogens is 288 g/mol. The Bertz CT molecular complexity index is 836. The topological polar surface area (TPSA) is 90.2 Å². The Morgan fingerprint density at radius 2 is 1.86 bits per heavy atom. The third-order valence-corrected chi connectivity index (χ3v) is 4.47. The first kappa shape index (κ1) is 14.9. The van der Waals surface area contributed by atoms with Crippen LogP contribution in [0.25, 0.3) is 0 Å². The summed E-state index contributed by atoms with van der Waals surface area (Å²) in [4.78, 5) is 0.0416. The zero-order valence-electron chi connectivity index (χ0n) is 11.6. The molecule has 0 unspecified atom stereocenters. The number of aromatic hydroxyl groups is 1. The number of nitrogens with zero attached hydrogens (tertiary/aromatic N) is 1. The van der Waals surface area contributed by atoms with E-state index in [0.29, 0.717) is 16.7 Å². The maximum absolute atomic E-state index is 12.3. The number of phenols is 1. The molecule has 2 rings (SSSR count). The zero-order chi connectivity index (χ0) is 15.6. The number of aryl methyl sites for hydroxylation is 2. The van der Waals surface area contributed by atoms with Gasteiger partial charge in [0, 0.05) is 0 Å². The van der Waals surface area contributed by atoms with Gasteiger partial charge in [-0.25, -0.2) is 8.42 Å². The molecule has 0 aliphatic rings. The fraction of sp³-hybridized carbons (Fsp3) is 0.133. The maximum Gasteiger partial charge on any atom is 0.262 e. The van der Waals surface area contributed by atoms with Crippen LogP contribution in [-0.4, -0.2) is 13.5 Å². The molecule has 0 aliphatic carbocycles. The van der Waals surface area contributed by atoms with E-state index < -0.39 is 10.0 Å². The van der Waals surface area contributed by atoms with Crippen LogP contribution in [0, 0.1) is 25.2 Å².